The Labute approximate surface area is 348 Å². The van der Waals surface area contributed by atoms with Gasteiger partial charge >= 0.3 is 0 Å². The van der Waals surface area contributed by atoms with Crippen LogP contribution in [-0.2, 0) is 0 Å². The lowest BCUT2D eigenvalue weighted by Gasteiger charge is -2.25. The second-order valence-electron chi connectivity index (χ2n) is 15.0. The number of aryl methyl sites for hydroxylation is 3. The molecule has 0 amide bonds. The van der Waals surface area contributed by atoms with Crippen LogP contribution in [0.3, 0.4) is 0 Å². The highest BCUT2D eigenvalue weighted by Crippen LogP contribution is 2.40. The number of aliphatic imine (C=N–C) groups is 1. The number of nitrogens with zero attached hydrogens (tertiary/aromatic N) is 2. The van der Waals surface area contributed by atoms with Crippen molar-refractivity contribution in [3.8, 4) is 27.9 Å². The van der Waals surface area contributed by atoms with E-state index in [0.717, 1.165) is 33.8 Å². The average molecular weight is 764 g/mol. The Kier molecular flexibility index (Phi) is 11.5. The molecular weight excluding hydrogens is 715 g/mol. The first-order valence-corrected chi connectivity index (χ1v) is 20.3. The number of para-hydroxylation sites is 1. The highest BCUT2D eigenvalue weighted by Gasteiger charge is 2.21. The largest absolute Gasteiger partial charge is 0.360 e. The molecule has 0 saturated carbocycles. The Morgan fingerprint density at radius 3 is 2.05 bits per heavy atom. The van der Waals surface area contributed by atoms with Crippen molar-refractivity contribution >= 4 is 27.5 Å². The van der Waals surface area contributed by atoms with Crippen LogP contribution in [0.5, 0.6) is 0 Å². The minimum absolute atomic E-state index is 0.232. The molecule has 1 aliphatic heterocycles. The average Bonchev–Trinajstić information content (AvgIpc) is 3.61. The standard InChI is InChI=1S/C49H41N3.C7H8/c1-5-6-8-18-34(3)44-32-45(51-49(50-44)36-20-9-7-10-21-36)38-22-16-23-39(30-38)52-46-27-14-13-25-42(46)43-31-37(28-29-47(43)52)41-26-15-19-35(4)48(41)40-24-12-11-17-33(40)2;1-7-5-3-2-4-6-7/h5-32,49-50H,3H2,1-2,4H3;2-6H,1H3/b6-5-,18-8-;. The van der Waals surface area contributed by atoms with Gasteiger partial charge in [0.2, 0.25) is 0 Å². The van der Waals surface area contributed by atoms with Crippen molar-refractivity contribution in [3.63, 3.8) is 0 Å². The molecule has 1 atom stereocenters. The van der Waals surface area contributed by atoms with Crippen molar-refractivity contribution in [2.75, 3.05) is 0 Å². The molecule has 1 aliphatic rings. The van der Waals surface area contributed by atoms with Crippen LogP contribution in [0.2, 0.25) is 0 Å². The van der Waals surface area contributed by atoms with Crippen molar-refractivity contribution in [3.05, 3.63) is 246 Å². The summed E-state index contributed by atoms with van der Waals surface area (Å²) in [5.41, 5.74) is 17.2. The van der Waals surface area contributed by atoms with Crippen LogP contribution in [0.25, 0.3) is 49.7 Å². The zero-order valence-electron chi connectivity index (χ0n) is 34.2. The van der Waals surface area contributed by atoms with Crippen LogP contribution in [0.15, 0.2) is 223 Å². The lowest BCUT2D eigenvalue weighted by molar-refractivity contribution is 0.627. The zero-order valence-corrected chi connectivity index (χ0v) is 34.2. The molecule has 0 aliphatic carbocycles. The number of hydrogen-bond donors (Lipinski definition) is 1. The number of allylic oxidation sites excluding steroid dienone is 5. The van der Waals surface area contributed by atoms with E-state index in [0.29, 0.717) is 0 Å². The fraction of sp³-hybridized carbons (Fsp3) is 0.0893. The molecule has 9 rings (SSSR count). The van der Waals surface area contributed by atoms with Crippen molar-refractivity contribution < 1.29 is 0 Å². The summed E-state index contributed by atoms with van der Waals surface area (Å²) in [7, 11) is 0. The Morgan fingerprint density at radius 2 is 1.29 bits per heavy atom. The van der Waals surface area contributed by atoms with Gasteiger partial charge in [0.05, 0.1) is 16.7 Å². The van der Waals surface area contributed by atoms with E-state index in [4.69, 9.17) is 4.99 Å². The summed E-state index contributed by atoms with van der Waals surface area (Å²) >= 11 is 0. The maximum atomic E-state index is 5.23. The van der Waals surface area contributed by atoms with Crippen LogP contribution in [0, 0.1) is 20.8 Å². The molecule has 8 aromatic rings. The molecular formula is C56H49N3. The monoisotopic (exact) mass is 763 g/mol. The summed E-state index contributed by atoms with van der Waals surface area (Å²) in [5.74, 6) is 0. The first kappa shape index (κ1) is 38.6. The molecule has 3 nitrogen and oxygen atoms in total. The first-order valence-electron chi connectivity index (χ1n) is 20.3. The molecule has 7 aromatic carbocycles. The van der Waals surface area contributed by atoms with E-state index < -0.39 is 0 Å². The molecule has 0 bridgehead atoms. The Bertz CT molecular complexity index is 2900. The number of fused-ring (bicyclic) bond motifs is 3. The van der Waals surface area contributed by atoms with Crippen LogP contribution in [0.1, 0.15) is 40.9 Å². The van der Waals surface area contributed by atoms with Gasteiger partial charge in [-0.2, -0.15) is 0 Å². The normalized spacial score (nSPS) is 13.9. The van der Waals surface area contributed by atoms with Crippen LogP contribution < -0.4 is 5.32 Å². The van der Waals surface area contributed by atoms with Gasteiger partial charge < -0.3 is 9.88 Å². The van der Waals surface area contributed by atoms with Crippen molar-refractivity contribution in [2.24, 2.45) is 4.99 Å². The third kappa shape index (κ3) is 8.28. The van der Waals surface area contributed by atoms with Crippen LogP contribution in [0.4, 0.5) is 0 Å². The van der Waals surface area contributed by atoms with E-state index in [1.165, 1.54) is 60.8 Å². The van der Waals surface area contributed by atoms with Crippen LogP contribution >= 0.6 is 0 Å². The number of benzene rings is 7. The number of hydrogen-bond acceptors (Lipinski definition) is 2. The summed E-state index contributed by atoms with van der Waals surface area (Å²) in [5, 5.41) is 6.07. The Hall–Kier alpha value is -7.23. The molecule has 1 aromatic heterocycles. The Balaban J connectivity index is 0.000000628. The Morgan fingerprint density at radius 1 is 0.610 bits per heavy atom. The predicted molar refractivity (Wildman–Crippen MR) is 252 cm³/mol. The molecule has 1 N–H and O–H groups in total. The SMILES string of the molecule is C=C(/C=C\C=C/C)C1=CC(c2cccc(-n3c4ccccc4c4cc(-c5cccc(C)c5-c5ccccc5C)ccc43)c2)=NC(c2ccccc2)N1.Cc1ccccc1. The topological polar surface area (TPSA) is 29.3 Å². The van der Waals surface area contributed by atoms with Gasteiger partial charge in [0.1, 0.15) is 6.17 Å². The minimum Gasteiger partial charge on any atom is -0.360 e. The lowest BCUT2D eigenvalue weighted by atomic mass is 9.88. The maximum absolute atomic E-state index is 5.23. The fourth-order valence-electron chi connectivity index (χ4n) is 7.92. The van der Waals surface area contributed by atoms with Gasteiger partial charge in [0.15, 0.2) is 0 Å². The highest BCUT2D eigenvalue weighted by molar-refractivity contribution is 6.12. The van der Waals surface area contributed by atoms with Gasteiger partial charge in [0.25, 0.3) is 0 Å². The van der Waals surface area contributed by atoms with E-state index in [2.05, 4.69) is 189 Å². The number of rotatable bonds is 8. The maximum Gasteiger partial charge on any atom is 0.145 e. The minimum atomic E-state index is -0.232. The number of aromatic nitrogens is 1. The first-order chi connectivity index (χ1) is 28.9. The molecule has 288 valence electrons. The summed E-state index contributed by atoms with van der Waals surface area (Å²) in [4.78, 5) is 5.23. The van der Waals surface area contributed by atoms with Crippen LogP contribution in [-0.4, -0.2) is 10.3 Å². The van der Waals surface area contributed by atoms with E-state index in [9.17, 15) is 0 Å². The molecule has 0 radical (unpaired) electrons. The zero-order chi connectivity index (χ0) is 40.7. The second kappa shape index (κ2) is 17.5. The molecule has 3 heteroatoms. The van der Waals surface area contributed by atoms with E-state index in [1.807, 2.05) is 55.5 Å². The van der Waals surface area contributed by atoms with E-state index in [-0.39, 0.29) is 6.17 Å². The molecule has 59 heavy (non-hydrogen) atoms. The van der Waals surface area contributed by atoms with Gasteiger partial charge in [-0.1, -0.05) is 176 Å². The molecule has 0 spiro atoms. The van der Waals surface area contributed by atoms with E-state index >= 15 is 0 Å². The lowest BCUT2D eigenvalue weighted by Crippen LogP contribution is -2.26. The summed E-state index contributed by atoms with van der Waals surface area (Å²) in [6.07, 6.45) is 9.97. The van der Waals surface area contributed by atoms with Gasteiger partial charge in [-0.05, 0) is 109 Å². The third-order valence-electron chi connectivity index (χ3n) is 10.9. The van der Waals surface area contributed by atoms with Gasteiger partial charge in [-0.3, -0.25) is 4.99 Å². The molecule has 2 heterocycles. The van der Waals surface area contributed by atoms with Gasteiger partial charge in [-0.25, -0.2) is 0 Å². The summed E-state index contributed by atoms with van der Waals surface area (Å²) in [6.45, 7) is 12.9. The summed E-state index contributed by atoms with van der Waals surface area (Å²) in [6, 6.07) is 60.4. The third-order valence-corrected chi connectivity index (χ3v) is 10.9. The van der Waals surface area contributed by atoms with Crippen molar-refractivity contribution in [1.82, 2.24) is 9.88 Å². The van der Waals surface area contributed by atoms with Crippen molar-refractivity contribution in [2.45, 2.75) is 33.9 Å². The molecule has 1 unspecified atom stereocenters. The van der Waals surface area contributed by atoms with E-state index in [1.54, 1.807) is 0 Å². The summed E-state index contributed by atoms with van der Waals surface area (Å²) < 4.78 is 2.39. The predicted octanol–water partition coefficient (Wildman–Crippen LogP) is 14.4. The molecule has 0 fully saturated rings. The van der Waals surface area contributed by atoms with Gasteiger partial charge in [0, 0.05) is 27.7 Å². The van der Waals surface area contributed by atoms with Gasteiger partial charge in [-0.15, -0.1) is 0 Å². The highest BCUT2D eigenvalue weighted by atomic mass is 15.1. The molecule has 0 saturated heterocycles. The van der Waals surface area contributed by atoms with Crippen molar-refractivity contribution in [1.29, 1.82) is 0 Å². The fourth-order valence-corrected chi connectivity index (χ4v) is 7.92. The second-order valence-corrected chi connectivity index (χ2v) is 15.0. The quantitative estimate of drug-likeness (QED) is 0.153. The number of nitrogens with one attached hydrogen (secondary N) is 1. The smallest absolute Gasteiger partial charge is 0.145 e.